The molecule has 1 fully saturated rings. The van der Waals surface area contributed by atoms with E-state index in [1.807, 2.05) is 24.0 Å². The summed E-state index contributed by atoms with van der Waals surface area (Å²) in [5, 5.41) is 18.0. The molecule has 0 saturated heterocycles. The van der Waals surface area contributed by atoms with Crippen LogP contribution in [0.25, 0.3) is 0 Å². The van der Waals surface area contributed by atoms with Crippen LogP contribution >= 0.6 is 0 Å². The largest absolute Gasteiger partial charge is 0.389 e. The van der Waals surface area contributed by atoms with E-state index < -0.39 is 5.60 Å². The molecule has 1 heterocycles. The summed E-state index contributed by atoms with van der Waals surface area (Å²) in [6, 6.07) is 2.25. The lowest BCUT2D eigenvalue weighted by Gasteiger charge is -2.33. The van der Waals surface area contributed by atoms with Gasteiger partial charge in [0.15, 0.2) is 0 Å². The summed E-state index contributed by atoms with van der Waals surface area (Å²) < 4.78 is 1.88. The average molecular weight is 237 g/mol. The molecule has 96 valence electrons. The van der Waals surface area contributed by atoms with Crippen molar-refractivity contribution < 1.29 is 5.11 Å². The van der Waals surface area contributed by atoms with Crippen LogP contribution in [0.5, 0.6) is 0 Å². The Hall–Kier alpha value is -0.870. The number of aromatic nitrogens is 2. The molecular weight excluding hydrogens is 214 g/mol. The third kappa shape index (κ3) is 3.07. The van der Waals surface area contributed by atoms with Crippen LogP contribution in [-0.2, 0) is 7.05 Å². The number of aliphatic hydroxyl groups is 1. The van der Waals surface area contributed by atoms with Crippen LogP contribution in [0.2, 0.25) is 0 Å². The zero-order valence-corrected chi connectivity index (χ0v) is 10.8. The molecule has 0 aromatic carbocycles. The smallest absolute Gasteiger partial charge is 0.0771 e. The molecule has 1 unspecified atom stereocenters. The van der Waals surface area contributed by atoms with Crippen LogP contribution < -0.4 is 5.32 Å². The van der Waals surface area contributed by atoms with Gasteiger partial charge in [0.1, 0.15) is 0 Å². The highest BCUT2D eigenvalue weighted by Crippen LogP contribution is 2.27. The van der Waals surface area contributed by atoms with Crippen molar-refractivity contribution in [2.75, 3.05) is 6.54 Å². The SMILES string of the molecule is CC(NCC1(O)CCCCC1)c1ccnn1C. The van der Waals surface area contributed by atoms with Crippen molar-refractivity contribution in [3.05, 3.63) is 18.0 Å². The number of hydrogen-bond acceptors (Lipinski definition) is 3. The van der Waals surface area contributed by atoms with E-state index in [4.69, 9.17) is 0 Å². The molecule has 2 rings (SSSR count). The summed E-state index contributed by atoms with van der Waals surface area (Å²) in [4.78, 5) is 0. The van der Waals surface area contributed by atoms with Crippen molar-refractivity contribution in [2.45, 2.75) is 50.7 Å². The molecule has 0 amide bonds. The first-order chi connectivity index (χ1) is 8.11. The normalized spacial score (nSPS) is 21.4. The molecule has 1 atom stereocenters. The van der Waals surface area contributed by atoms with Gasteiger partial charge in [0.05, 0.1) is 11.3 Å². The molecule has 1 aromatic rings. The molecule has 4 heteroatoms. The first-order valence-corrected chi connectivity index (χ1v) is 6.54. The predicted octanol–water partition coefficient (Wildman–Crippen LogP) is 1.77. The Morgan fingerprint density at radius 2 is 2.18 bits per heavy atom. The molecule has 1 aliphatic carbocycles. The van der Waals surface area contributed by atoms with E-state index in [0.29, 0.717) is 6.54 Å². The Morgan fingerprint density at radius 3 is 2.76 bits per heavy atom. The Bertz CT molecular complexity index is 355. The van der Waals surface area contributed by atoms with Crippen LogP contribution in [0.1, 0.15) is 50.8 Å². The Kier molecular flexibility index (Phi) is 3.84. The zero-order valence-electron chi connectivity index (χ0n) is 10.8. The molecule has 17 heavy (non-hydrogen) atoms. The highest BCUT2D eigenvalue weighted by atomic mass is 16.3. The summed E-state index contributed by atoms with van der Waals surface area (Å²) in [5.41, 5.74) is 0.662. The predicted molar refractivity (Wildman–Crippen MR) is 67.7 cm³/mol. The second-order valence-electron chi connectivity index (χ2n) is 5.27. The molecule has 2 N–H and O–H groups in total. The lowest BCUT2D eigenvalue weighted by molar-refractivity contribution is 0.00283. The second kappa shape index (κ2) is 5.19. The van der Waals surface area contributed by atoms with Crippen LogP contribution in [0, 0.1) is 0 Å². The third-order valence-corrected chi connectivity index (χ3v) is 3.82. The minimum atomic E-state index is -0.495. The topological polar surface area (TPSA) is 50.1 Å². The lowest BCUT2D eigenvalue weighted by Crippen LogP contribution is -2.43. The molecule has 0 bridgehead atoms. The van der Waals surface area contributed by atoms with Crippen molar-refractivity contribution in [2.24, 2.45) is 7.05 Å². The molecular formula is C13H23N3O. The molecule has 1 saturated carbocycles. The van der Waals surface area contributed by atoms with Crippen molar-refractivity contribution in [3.8, 4) is 0 Å². The lowest BCUT2D eigenvalue weighted by atomic mass is 9.85. The summed E-state index contributed by atoms with van der Waals surface area (Å²) in [5.74, 6) is 0. The van der Waals surface area contributed by atoms with Gasteiger partial charge in [-0.15, -0.1) is 0 Å². The molecule has 4 nitrogen and oxygen atoms in total. The van der Waals surface area contributed by atoms with Crippen LogP contribution in [0.3, 0.4) is 0 Å². The molecule has 0 spiro atoms. The van der Waals surface area contributed by atoms with E-state index in [1.54, 1.807) is 0 Å². The second-order valence-corrected chi connectivity index (χ2v) is 5.27. The van der Waals surface area contributed by atoms with Gasteiger partial charge in [-0.3, -0.25) is 4.68 Å². The molecule has 0 radical (unpaired) electrons. The first kappa shape index (κ1) is 12.6. The number of rotatable bonds is 4. The minimum Gasteiger partial charge on any atom is -0.389 e. The molecule has 0 aliphatic heterocycles. The first-order valence-electron chi connectivity index (χ1n) is 6.54. The number of aryl methyl sites for hydroxylation is 1. The van der Waals surface area contributed by atoms with Crippen molar-refractivity contribution in [3.63, 3.8) is 0 Å². The van der Waals surface area contributed by atoms with Gasteiger partial charge in [-0.25, -0.2) is 0 Å². The monoisotopic (exact) mass is 237 g/mol. The van der Waals surface area contributed by atoms with Crippen molar-refractivity contribution in [1.29, 1.82) is 0 Å². The number of nitrogens with zero attached hydrogens (tertiary/aromatic N) is 2. The maximum atomic E-state index is 10.4. The minimum absolute atomic E-state index is 0.230. The van der Waals surface area contributed by atoms with E-state index in [1.165, 1.54) is 6.42 Å². The van der Waals surface area contributed by atoms with E-state index in [9.17, 15) is 5.11 Å². The summed E-state index contributed by atoms with van der Waals surface area (Å²) in [7, 11) is 1.95. The van der Waals surface area contributed by atoms with E-state index in [0.717, 1.165) is 31.4 Å². The standard InChI is InChI=1S/C13H23N3O/c1-11(12-6-9-15-16(12)2)14-10-13(17)7-4-3-5-8-13/h6,9,11,14,17H,3-5,7-8,10H2,1-2H3. The third-order valence-electron chi connectivity index (χ3n) is 3.82. The van der Waals surface area contributed by atoms with Gasteiger partial charge in [0.2, 0.25) is 0 Å². The van der Waals surface area contributed by atoms with Gasteiger partial charge in [-0.1, -0.05) is 19.3 Å². The van der Waals surface area contributed by atoms with Gasteiger partial charge in [-0.2, -0.15) is 5.10 Å². The van der Waals surface area contributed by atoms with Crippen LogP contribution in [0.15, 0.2) is 12.3 Å². The van der Waals surface area contributed by atoms with Gasteiger partial charge in [-0.05, 0) is 25.8 Å². The van der Waals surface area contributed by atoms with Gasteiger partial charge in [0, 0.05) is 25.8 Å². The Labute approximate surface area is 103 Å². The van der Waals surface area contributed by atoms with Gasteiger partial charge in [0.25, 0.3) is 0 Å². The molecule has 1 aromatic heterocycles. The summed E-state index contributed by atoms with van der Waals surface area (Å²) in [6.45, 7) is 2.79. The van der Waals surface area contributed by atoms with E-state index >= 15 is 0 Å². The van der Waals surface area contributed by atoms with Crippen LogP contribution in [0.4, 0.5) is 0 Å². The number of hydrogen-bond donors (Lipinski definition) is 2. The summed E-state index contributed by atoms with van der Waals surface area (Å²) in [6.07, 6.45) is 7.23. The fourth-order valence-electron chi connectivity index (χ4n) is 2.64. The maximum absolute atomic E-state index is 10.4. The van der Waals surface area contributed by atoms with Gasteiger partial charge < -0.3 is 10.4 Å². The highest BCUT2D eigenvalue weighted by Gasteiger charge is 2.29. The van der Waals surface area contributed by atoms with E-state index in [2.05, 4.69) is 17.3 Å². The Morgan fingerprint density at radius 1 is 1.47 bits per heavy atom. The van der Waals surface area contributed by atoms with E-state index in [-0.39, 0.29) is 6.04 Å². The van der Waals surface area contributed by atoms with Crippen molar-refractivity contribution >= 4 is 0 Å². The average Bonchev–Trinajstić information content (AvgIpc) is 2.74. The molecule has 1 aliphatic rings. The quantitative estimate of drug-likeness (QED) is 0.839. The maximum Gasteiger partial charge on any atom is 0.0771 e. The highest BCUT2D eigenvalue weighted by molar-refractivity contribution is 5.05. The fourth-order valence-corrected chi connectivity index (χ4v) is 2.64. The van der Waals surface area contributed by atoms with Crippen molar-refractivity contribution in [1.82, 2.24) is 15.1 Å². The van der Waals surface area contributed by atoms with Crippen LogP contribution in [-0.4, -0.2) is 27.0 Å². The number of nitrogens with one attached hydrogen (secondary N) is 1. The Balaban J connectivity index is 1.87. The summed E-state index contributed by atoms with van der Waals surface area (Å²) >= 11 is 0. The fraction of sp³-hybridized carbons (Fsp3) is 0.769. The van der Waals surface area contributed by atoms with Gasteiger partial charge >= 0.3 is 0 Å². The zero-order chi connectivity index (χ0) is 12.3.